The second-order valence-corrected chi connectivity index (χ2v) is 8.06. The van der Waals surface area contributed by atoms with Gasteiger partial charge >= 0.3 is 0 Å². The Morgan fingerprint density at radius 1 is 1.31 bits per heavy atom. The van der Waals surface area contributed by atoms with Crippen LogP contribution in [0.3, 0.4) is 0 Å². The van der Waals surface area contributed by atoms with Crippen LogP contribution in [0, 0.1) is 0 Å². The molecule has 8 heteroatoms. The Morgan fingerprint density at radius 3 is 2.96 bits per heavy atom. The number of thioether (sulfide) groups is 1. The first-order valence-electron chi connectivity index (χ1n) is 8.86. The van der Waals surface area contributed by atoms with Gasteiger partial charge < -0.3 is 4.74 Å². The van der Waals surface area contributed by atoms with E-state index >= 15 is 0 Å². The van der Waals surface area contributed by atoms with E-state index in [-0.39, 0.29) is 6.10 Å². The molecule has 1 aliphatic rings. The number of hydrogen-bond donors (Lipinski definition) is 0. The van der Waals surface area contributed by atoms with E-state index in [9.17, 15) is 0 Å². The molecule has 1 aliphatic heterocycles. The van der Waals surface area contributed by atoms with Gasteiger partial charge in [-0.3, -0.25) is 0 Å². The van der Waals surface area contributed by atoms with Gasteiger partial charge in [0.1, 0.15) is 5.01 Å². The number of thiazole rings is 1. The Labute approximate surface area is 161 Å². The van der Waals surface area contributed by atoms with Gasteiger partial charge in [0.2, 0.25) is 5.16 Å². The number of rotatable bonds is 7. The van der Waals surface area contributed by atoms with Crippen LogP contribution in [-0.4, -0.2) is 37.9 Å². The lowest BCUT2D eigenvalue weighted by Crippen LogP contribution is -2.16. The van der Waals surface area contributed by atoms with Gasteiger partial charge in [0.15, 0.2) is 0 Å². The van der Waals surface area contributed by atoms with Crippen LogP contribution in [0.25, 0.3) is 10.6 Å². The SMILES string of the molecule is CCc1ccc(-c2nc(CSc3nnnn3CC3CCCO3)cs2)cc1. The van der Waals surface area contributed by atoms with Crippen LogP contribution in [0.1, 0.15) is 31.0 Å². The van der Waals surface area contributed by atoms with Crippen LogP contribution in [0.15, 0.2) is 34.8 Å². The lowest BCUT2D eigenvalue weighted by Gasteiger charge is -2.09. The van der Waals surface area contributed by atoms with E-state index in [1.807, 2.05) is 4.68 Å². The minimum atomic E-state index is 0.231. The van der Waals surface area contributed by atoms with E-state index in [0.29, 0.717) is 0 Å². The van der Waals surface area contributed by atoms with E-state index in [0.717, 1.165) is 54.0 Å². The second-order valence-electron chi connectivity index (χ2n) is 6.26. The van der Waals surface area contributed by atoms with Gasteiger partial charge in [-0.1, -0.05) is 43.0 Å². The molecule has 0 bridgehead atoms. The number of hydrogen-bond acceptors (Lipinski definition) is 7. The van der Waals surface area contributed by atoms with Crippen molar-refractivity contribution in [3.63, 3.8) is 0 Å². The zero-order valence-corrected chi connectivity index (χ0v) is 16.3. The quantitative estimate of drug-likeness (QED) is 0.574. The van der Waals surface area contributed by atoms with Crippen molar-refractivity contribution in [1.29, 1.82) is 0 Å². The molecule has 1 atom stereocenters. The van der Waals surface area contributed by atoms with Crippen molar-refractivity contribution in [3.05, 3.63) is 40.9 Å². The molecule has 2 aromatic heterocycles. The number of ether oxygens (including phenoxy) is 1. The highest BCUT2D eigenvalue weighted by atomic mass is 32.2. The third-order valence-electron chi connectivity index (χ3n) is 4.41. The van der Waals surface area contributed by atoms with Gasteiger partial charge in [-0.15, -0.1) is 16.4 Å². The maximum absolute atomic E-state index is 5.68. The first-order valence-corrected chi connectivity index (χ1v) is 10.7. The molecule has 3 aromatic rings. The second kappa shape index (κ2) is 8.28. The van der Waals surface area contributed by atoms with Gasteiger partial charge in [-0.2, -0.15) is 0 Å². The lowest BCUT2D eigenvalue weighted by atomic mass is 10.1. The van der Waals surface area contributed by atoms with Crippen LogP contribution in [0.2, 0.25) is 0 Å². The molecule has 136 valence electrons. The number of benzene rings is 1. The van der Waals surface area contributed by atoms with Crippen molar-refractivity contribution in [3.8, 4) is 10.6 Å². The molecule has 1 aromatic carbocycles. The Kier molecular flexibility index (Phi) is 5.62. The molecular weight excluding hydrogens is 366 g/mol. The maximum atomic E-state index is 5.68. The third kappa shape index (κ3) is 4.13. The predicted octanol–water partition coefficient (Wildman–Crippen LogP) is 3.83. The van der Waals surface area contributed by atoms with E-state index < -0.39 is 0 Å². The molecule has 3 heterocycles. The van der Waals surface area contributed by atoms with Crippen molar-refractivity contribution in [2.24, 2.45) is 0 Å². The number of nitrogens with zero attached hydrogens (tertiary/aromatic N) is 5. The predicted molar refractivity (Wildman–Crippen MR) is 103 cm³/mol. The zero-order chi connectivity index (χ0) is 17.8. The molecule has 1 fully saturated rings. The third-order valence-corrected chi connectivity index (χ3v) is 6.34. The summed E-state index contributed by atoms with van der Waals surface area (Å²) >= 11 is 3.30. The highest BCUT2D eigenvalue weighted by Gasteiger charge is 2.19. The summed E-state index contributed by atoms with van der Waals surface area (Å²) in [7, 11) is 0. The molecule has 0 N–H and O–H groups in total. The summed E-state index contributed by atoms with van der Waals surface area (Å²) in [6.07, 6.45) is 3.49. The van der Waals surface area contributed by atoms with Crippen LogP contribution in [-0.2, 0) is 23.5 Å². The van der Waals surface area contributed by atoms with Crippen molar-refractivity contribution in [2.45, 2.75) is 49.7 Å². The standard InChI is InChI=1S/C18H21N5OS2/c1-2-13-5-7-14(8-6-13)17-19-15(11-25-17)12-26-18-20-21-22-23(18)10-16-4-3-9-24-16/h5-8,11,16H,2-4,9-10,12H2,1H3. The fraction of sp³-hybridized carbons (Fsp3) is 0.444. The minimum Gasteiger partial charge on any atom is -0.376 e. The largest absolute Gasteiger partial charge is 0.376 e. The smallest absolute Gasteiger partial charge is 0.209 e. The summed E-state index contributed by atoms with van der Waals surface area (Å²) in [5.74, 6) is 0.759. The fourth-order valence-electron chi connectivity index (χ4n) is 2.92. The molecular formula is C18H21N5OS2. The summed E-state index contributed by atoms with van der Waals surface area (Å²) in [6.45, 7) is 3.73. The Morgan fingerprint density at radius 2 is 2.19 bits per heavy atom. The van der Waals surface area contributed by atoms with Crippen molar-refractivity contribution >= 4 is 23.1 Å². The van der Waals surface area contributed by atoms with Gasteiger partial charge in [-0.25, -0.2) is 9.67 Å². The van der Waals surface area contributed by atoms with Gasteiger partial charge in [0, 0.05) is 23.3 Å². The van der Waals surface area contributed by atoms with Gasteiger partial charge in [0.25, 0.3) is 0 Å². The molecule has 0 saturated carbocycles. The zero-order valence-electron chi connectivity index (χ0n) is 14.7. The average Bonchev–Trinajstić information content (AvgIpc) is 3.43. The van der Waals surface area contributed by atoms with E-state index in [4.69, 9.17) is 9.72 Å². The molecule has 0 radical (unpaired) electrons. The maximum Gasteiger partial charge on any atom is 0.209 e. The van der Waals surface area contributed by atoms with E-state index in [2.05, 4.69) is 52.1 Å². The fourth-order valence-corrected chi connectivity index (χ4v) is 4.63. The Bertz CT molecular complexity index is 839. The molecule has 0 amide bonds. The summed E-state index contributed by atoms with van der Waals surface area (Å²) in [5.41, 5.74) is 3.58. The summed E-state index contributed by atoms with van der Waals surface area (Å²) in [5, 5.41) is 16.0. The summed E-state index contributed by atoms with van der Waals surface area (Å²) < 4.78 is 7.52. The highest BCUT2D eigenvalue weighted by molar-refractivity contribution is 7.98. The Balaban J connectivity index is 1.38. The number of aryl methyl sites for hydroxylation is 1. The average molecular weight is 388 g/mol. The van der Waals surface area contributed by atoms with Gasteiger partial charge in [-0.05, 0) is 35.3 Å². The van der Waals surface area contributed by atoms with Crippen LogP contribution in [0.5, 0.6) is 0 Å². The molecule has 0 spiro atoms. The normalized spacial score (nSPS) is 17.0. The van der Waals surface area contributed by atoms with Crippen molar-refractivity contribution in [2.75, 3.05) is 6.61 Å². The summed E-state index contributed by atoms with van der Waals surface area (Å²) in [6, 6.07) is 8.64. The molecule has 1 saturated heterocycles. The highest BCUT2D eigenvalue weighted by Crippen LogP contribution is 2.27. The van der Waals surface area contributed by atoms with Gasteiger partial charge in [0.05, 0.1) is 18.3 Å². The molecule has 6 nitrogen and oxygen atoms in total. The lowest BCUT2D eigenvalue weighted by molar-refractivity contribution is 0.0912. The molecule has 26 heavy (non-hydrogen) atoms. The Hall–Kier alpha value is -1.77. The topological polar surface area (TPSA) is 65.7 Å². The molecule has 0 aliphatic carbocycles. The monoisotopic (exact) mass is 387 g/mol. The van der Waals surface area contributed by atoms with Crippen molar-refractivity contribution in [1.82, 2.24) is 25.2 Å². The van der Waals surface area contributed by atoms with Crippen LogP contribution in [0.4, 0.5) is 0 Å². The number of tetrazole rings is 1. The van der Waals surface area contributed by atoms with Crippen LogP contribution < -0.4 is 0 Å². The van der Waals surface area contributed by atoms with Crippen molar-refractivity contribution < 1.29 is 4.74 Å². The molecule has 4 rings (SSSR count). The number of aromatic nitrogens is 5. The summed E-state index contributed by atoms with van der Waals surface area (Å²) in [4.78, 5) is 4.76. The minimum absolute atomic E-state index is 0.231. The first-order chi connectivity index (χ1) is 12.8. The first kappa shape index (κ1) is 17.6. The van der Waals surface area contributed by atoms with E-state index in [1.54, 1.807) is 23.1 Å². The van der Waals surface area contributed by atoms with Crippen LogP contribution >= 0.6 is 23.1 Å². The molecule has 1 unspecified atom stereocenters. The van der Waals surface area contributed by atoms with E-state index in [1.165, 1.54) is 11.1 Å².